The molecule has 1 fully saturated rings. The number of likely N-dealkylation sites (N-methyl/N-ethyl adjacent to an activating group) is 1. The predicted octanol–water partition coefficient (Wildman–Crippen LogP) is 1.76. The average molecular weight is 310 g/mol. The van der Waals surface area contributed by atoms with Gasteiger partial charge in [-0.05, 0) is 36.5 Å². The molecular weight excluding hydrogens is 288 g/mol. The maximum atomic E-state index is 12.0. The molecule has 0 aromatic heterocycles. The SMILES string of the molecule is CNC(=O)CNS(=O)(=O)c1ccc(C2CCCCC2)cc1. The van der Waals surface area contributed by atoms with Crippen molar-refractivity contribution in [2.24, 2.45) is 0 Å². The van der Waals surface area contributed by atoms with Crippen molar-refractivity contribution in [1.29, 1.82) is 0 Å². The molecule has 21 heavy (non-hydrogen) atoms. The van der Waals surface area contributed by atoms with Crippen molar-refractivity contribution in [3.8, 4) is 0 Å². The molecule has 1 saturated carbocycles. The van der Waals surface area contributed by atoms with Gasteiger partial charge in [0.15, 0.2) is 0 Å². The number of rotatable bonds is 5. The molecular formula is C15H22N2O3S. The molecule has 1 aliphatic rings. The van der Waals surface area contributed by atoms with Crippen LogP contribution in [0.5, 0.6) is 0 Å². The van der Waals surface area contributed by atoms with Crippen LogP contribution in [0.2, 0.25) is 0 Å². The summed E-state index contributed by atoms with van der Waals surface area (Å²) in [6.07, 6.45) is 6.16. The van der Waals surface area contributed by atoms with Gasteiger partial charge >= 0.3 is 0 Å². The summed E-state index contributed by atoms with van der Waals surface area (Å²) in [4.78, 5) is 11.3. The van der Waals surface area contributed by atoms with E-state index in [1.54, 1.807) is 12.1 Å². The van der Waals surface area contributed by atoms with E-state index in [9.17, 15) is 13.2 Å². The Morgan fingerprint density at radius 1 is 1.14 bits per heavy atom. The van der Waals surface area contributed by atoms with E-state index in [0.717, 1.165) is 0 Å². The summed E-state index contributed by atoms with van der Waals surface area (Å²) >= 11 is 0. The standard InChI is InChI=1S/C15H22N2O3S/c1-16-15(18)11-17-21(19,20)14-9-7-13(8-10-14)12-5-3-2-4-6-12/h7-10,12,17H,2-6,11H2,1H3,(H,16,18). The molecule has 1 aromatic carbocycles. The summed E-state index contributed by atoms with van der Waals surface area (Å²) in [7, 11) is -2.16. The first-order chi connectivity index (χ1) is 10.0. The summed E-state index contributed by atoms with van der Waals surface area (Å²) < 4.78 is 26.4. The third-order valence-electron chi connectivity index (χ3n) is 3.97. The van der Waals surface area contributed by atoms with E-state index in [-0.39, 0.29) is 17.3 Å². The van der Waals surface area contributed by atoms with Gasteiger partial charge < -0.3 is 5.32 Å². The number of benzene rings is 1. The lowest BCUT2D eigenvalue weighted by Crippen LogP contribution is -2.35. The summed E-state index contributed by atoms with van der Waals surface area (Å²) in [5.41, 5.74) is 1.21. The van der Waals surface area contributed by atoms with E-state index in [2.05, 4.69) is 10.0 Å². The minimum absolute atomic E-state index is 0.200. The molecule has 5 nitrogen and oxygen atoms in total. The Bertz CT molecular complexity index is 575. The van der Waals surface area contributed by atoms with Crippen LogP contribution in [0, 0.1) is 0 Å². The molecule has 0 radical (unpaired) electrons. The van der Waals surface area contributed by atoms with E-state index in [0.29, 0.717) is 5.92 Å². The van der Waals surface area contributed by atoms with Crippen molar-refractivity contribution < 1.29 is 13.2 Å². The van der Waals surface area contributed by atoms with Crippen LogP contribution in [0.25, 0.3) is 0 Å². The number of amides is 1. The third kappa shape index (κ3) is 4.28. The molecule has 0 bridgehead atoms. The summed E-state index contributed by atoms with van der Waals surface area (Å²) in [6, 6.07) is 7.03. The van der Waals surface area contributed by atoms with Gasteiger partial charge in [0.25, 0.3) is 0 Å². The van der Waals surface area contributed by atoms with Crippen molar-refractivity contribution >= 4 is 15.9 Å². The van der Waals surface area contributed by atoms with Crippen LogP contribution in [-0.4, -0.2) is 27.9 Å². The van der Waals surface area contributed by atoms with Crippen molar-refractivity contribution in [3.05, 3.63) is 29.8 Å². The maximum Gasteiger partial charge on any atom is 0.241 e. The molecule has 0 spiro atoms. The van der Waals surface area contributed by atoms with Gasteiger partial charge in [0.1, 0.15) is 0 Å². The smallest absolute Gasteiger partial charge is 0.241 e. The molecule has 0 saturated heterocycles. The zero-order valence-electron chi connectivity index (χ0n) is 12.3. The lowest BCUT2D eigenvalue weighted by molar-refractivity contribution is -0.119. The van der Waals surface area contributed by atoms with E-state index < -0.39 is 10.0 Å². The zero-order chi connectivity index (χ0) is 15.3. The molecule has 116 valence electrons. The Morgan fingerprint density at radius 2 is 1.76 bits per heavy atom. The number of carbonyl (C=O) groups is 1. The fourth-order valence-corrected chi connectivity index (χ4v) is 3.67. The van der Waals surface area contributed by atoms with E-state index >= 15 is 0 Å². The van der Waals surface area contributed by atoms with Crippen LogP contribution in [0.15, 0.2) is 29.2 Å². The topological polar surface area (TPSA) is 75.3 Å². The summed E-state index contributed by atoms with van der Waals surface area (Å²) in [6.45, 7) is -0.247. The zero-order valence-corrected chi connectivity index (χ0v) is 13.1. The Morgan fingerprint density at radius 3 is 2.33 bits per heavy atom. The Balaban J connectivity index is 2.05. The second kappa shape index (κ2) is 7.04. The molecule has 1 aromatic rings. The van der Waals surface area contributed by atoms with Gasteiger partial charge in [0.2, 0.25) is 15.9 Å². The largest absolute Gasteiger partial charge is 0.358 e. The fraction of sp³-hybridized carbons (Fsp3) is 0.533. The Labute approximate surface area is 126 Å². The quantitative estimate of drug-likeness (QED) is 0.870. The van der Waals surface area contributed by atoms with Gasteiger partial charge in [-0.1, -0.05) is 31.4 Å². The van der Waals surface area contributed by atoms with Crippen LogP contribution in [0.3, 0.4) is 0 Å². The lowest BCUT2D eigenvalue weighted by atomic mass is 9.84. The molecule has 0 unspecified atom stereocenters. The molecule has 0 aliphatic heterocycles. The van der Waals surface area contributed by atoms with Gasteiger partial charge in [0.05, 0.1) is 11.4 Å². The first-order valence-corrected chi connectivity index (χ1v) is 8.81. The third-order valence-corrected chi connectivity index (χ3v) is 5.39. The minimum Gasteiger partial charge on any atom is -0.358 e. The number of nitrogens with one attached hydrogen (secondary N) is 2. The van der Waals surface area contributed by atoms with Gasteiger partial charge in [-0.25, -0.2) is 13.1 Å². The predicted molar refractivity (Wildman–Crippen MR) is 81.5 cm³/mol. The van der Waals surface area contributed by atoms with Crippen molar-refractivity contribution in [2.45, 2.75) is 42.9 Å². The van der Waals surface area contributed by atoms with Gasteiger partial charge in [-0.15, -0.1) is 0 Å². The number of sulfonamides is 1. The molecule has 1 amide bonds. The highest BCUT2D eigenvalue weighted by molar-refractivity contribution is 7.89. The van der Waals surface area contributed by atoms with Gasteiger partial charge in [0, 0.05) is 7.05 Å². The second-order valence-corrected chi connectivity index (χ2v) is 7.17. The first-order valence-electron chi connectivity index (χ1n) is 7.33. The van der Waals surface area contributed by atoms with E-state index in [1.807, 2.05) is 12.1 Å². The molecule has 6 heteroatoms. The monoisotopic (exact) mass is 310 g/mol. The normalized spacial score (nSPS) is 16.6. The molecule has 2 N–H and O–H groups in total. The average Bonchev–Trinajstić information content (AvgIpc) is 2.53. The highest BCUT2D eigenvalue weighted by atomic mass is 32.2. The van der Waals surface area contributed by atoms with Crippen LogP contribution in [0.1, 0.15) is 43.6 Å². The number of carbonyl (C=O) groups excluding carboxylic acids is 1. The lowest BCUT2D eigenvalue weighted by Gasteiger charge is -2.22. The van der Waals surface area contributed by atoms with Crippen LogP contribution >= 0.6 is 0 Å². The minimum atomic E-state index is -3.62. The number of hydrogen-bond acceptors (Lipinski definition) is 3. The van der Waals surface area contributed by atoms with Crippen molar-refractivity contribution in [1.82, 2.24) is 10.0 Å². The van der Waals surface area contributed by atoms with E-state index in [4.69, 9.17) is 0 Å². The molecule has 1 aliphatic carbocycles. The first kappa shape index (κ1) is 16.0. The highest BCUT2D eigenvalue weighted by Gasteiger charge is 2.18. The second-order valence-electron chi connectivity index (χ2n) is 5.40. The summed E-state index contributed by atoms with van der Waals surface area (Å²) in [5.74, 6) is 0.187. The molecule has 0 heterocycles. The highest BCUT2D eigenvalue weighted by Crippen LogP contribution is 2.32. The Hall–Kier alpha value is -1.40. The van der Waals surface area contributed by atoms with Crippen LogP contribution < -0.4 is 10.0 Å². The van der Waals surface area contributed by atoms with Crippen LogP contribution in [0.4, 0.5) is 0 Å². The van der Waals surface area contributed by atoms with Crippen molar-refractivity contribution in [2.75, 3.05) is 13.6 Å². The maximum absolute atomic E-state index is 12.0. The summed E-state index contributed by atoms with van der Waals surface area (Å²) in [5, 5.41) is 2.38. The van der Waals surface area contributed by atoms with Crippen LogP contribution in [-0.2, 0) is 14.8 Å². The van der Waals surface area contributed by atoms with Gasteiger partial charge in [-0.3, -0.25) is 4.79 Å². The molecule has 2 rings (SSSR count). The van der Waals surface area contributed by atoms with Crippen molar-refractivity contribution in [3.63, 3.8) is 0 Å². The number of hydrogen-bond donors (Lipinski definition) is 2. The fourth-order valence-electron chi connectivity index (χ4n) is 2.69. The van der Waals surface area contributed by atoms with Gasteiger partial charge in [-0.2, -0.15) is 0 Å². The molecule has 0 atom stereocenters. The Kier molecular flexibility index (Phi) is 5.36. The van der Waals surface area contributed by atoms with E-state index in [1.165, 1.54) is 44.7 Å².